The first-order valence-electron chi connectivity index (χ1n) is 8.32. The molecule has 2 rings (SSSR count). The van der Waals surface area contributed by atoms with E-state index in [4.69, 9.17) is 14.2 Å². The lowest BCUT2D eigenvalue weighted by Gasteiger charge is -2.11. The number of carbonyl (C=O) groups excluding carboxylic acids is 1. The van der Waals surface area contributed by atoms with E-state index < -0.39 is 10.9 Å². The predicted octanol–water partition coefficient (Wildman–Crippen LogP) is 4.05. The molecule has 0 aliphatic carbocycles. The molecule has 0 atom stereocenters. The highest BCUT2D eigenvalue weighted by Gasteiger charge is 2.12. The van der Waals surface area contributed by atoms with Crippen LogP contribution in [0.2, 0.25) is 0 Å². The highest BCUT2D eigenvalue weighted by Crippen LogP contribution is 2.29. The molecule has 2 aromatic carbocycles. The minimum Gasteiger partial charge on any atom is -0.493 e. The SMILES string of the molecule is COc1cc(/C=C/[N+](=O)[O-])ccc1OC(=O)COc1ccc(C(C)C)cc1. The summed E-state index contributed by atoms with van der Waals surface area (Å²) in [6, 6.07) is 12.1. The fraction of sp³-hybridized carbons (Fsp3) is 0.250. The van der Waals surface area contributed by atoms with Crippen molar-refractivity contribution in [3.63, 3.8) is 0 Å². The summed E-state index contributed by atoms with van der Waals surface area (Å²) in [6.45, 7) is 3.94. The Morgan fingerprint density at radius 2 is 1.85 bits per heavy atom. The second-order valence-electron chi connectivity index (χ2n) is 6.00. The van der Waals surface area contributed by atoms with Gasteiger partial charge in [0.1, 0.15) is 5.75 Å². The van der Waals surface area contributed by atoms with Gasteiger partial charge in [0.15, 0.2) is 18.1 Å². The Bertz CT molecular complexity index is 827. The molecular weight excluding hydrogens is 350 g/mol. The Labute approximate surface area is 157 Å². The molecule has 0 heterocycles. The molecule has 0 N–H and O–H groups in total. The van der Waals surface area contributed by atoms with Gasteiger partial charge in [-0.15, -0.1) is 0 Å². The van der Waals surface area contributed by atoms with Crippen molar-refractivity contribution in [1.29, 1.82) is 0 Å². The average Bonchev–Trinajstić information content (AvgIpc) is 2.65. The fourth-order valence-electron chi connectivity index (χ4n) is 2.26. The van der Waals surface area contributed by atoms with Crippen molar-refractivity contribution in [2.24, 2.45) is 0 Å². The van der Waals surface area contributed by atoms with Crippen LogP contribution in [-0.2, 0) is 4.79 Å². The maximum atomic E-state index is 12.0. The van der Waals surface area contributed by atoms with Gasteiger partial charge in [0.2, 0.25) is 6.20 Å². The third-order valence-corrected chi connectivity index (χ3v) is 3.70. The third-order valence-electron chi connectivity index (χ3n) is 3.70. The van der Waals surface area contributed by atoms with Crippen LogP contribution in [0.1, 0.15) is 30.9 Å². The van der Waals surface area contributed by atoms with Crippen molar-refractivity contribution in [3.8, 4) is 17.2 Å². The average molecular weight is 371 g/mol. The van der Waals surface area contributed by atoms with Crippen molar-refractivity contribution in [1.82, 2.24) is 0 Å². The first-order valence-corrected chi connectivity index (χ1v) is 8.32. The van der Waals surface area contributed by atoms with Gasteiger partial charge < -0.3 is 14.2 Å². The molecule has 7 nitrogen and oxygen atoms in total. The number of rotatable bonds is 8. The number of esters is 1. The molecule has 0 saturated heterocycles. The van der Waals surface area contributed by atoms with E-state index in [-0.39, 0.29) is 18.1 Å². The van der Waals surface area contributed by atoms with Gasteiger partial charge in [-0.1, -0.05) is 32.0 Å². The first kappa shape index (κ1) is 20.0. The van der Waals surface area contributed by atoms with Crippen LogP contribution in [0.5, 0.6) is 17.2 Å². The molecule has 0 fully saturated rings. The van der Waals surface area contributed by atoms with Gasteiger partial charge >= 0.3 is 5.97 Å². The summed E-state index contributed by atoms with van der Waals surface area (Å²) in [5.41, 5.74) is 1.73. The number of methoxy groups -OCH3 is 1. The van der Waals surface area contributed by atoms with E-state index in [2.05, 4.69) is 13.8 Å². The smallest absolute Gasteiger partial charge is 0.349 e. The van der Waals surface area contributed by atoms with Gasteiger partial charge in [-0.3, -0.25) is 10.1 Å². The van der Waals surface area contributed by atoms with E-state index in [1.54, 1.807) is 18.2 Å². The van der Waals surface area contributed by atoms with E-state index in [1.807, 2.05) is 12.1 Å². The van der Waals surface area contributed by atoms with Crippen molar-refractivity contribution in [2.45, 2.75) is 19.8 Å². The number of hydrogen-bond donors (Lipinski definition) is 0. The molecular formula is C20H21NO6. The Morgan fingerprint density at radius 1 is 1.15 bits per heavy atom. The Morgan fingerprint density at radius 3 is 2.44 bits per heavy atom. The molecule has 2 aromatic rings. The fourth-order valence-corrected chi connectivity index (χ4v) is 2.26. The van der Waals surface area contributed by atoms with Gasteiger partial charge in [-0.2, -0.15) is 0 Å². The molecule has 0 unspecified atom stereocenters. The predicted molar refractivity (Wildman–Crippen MR) is 101 cm³/mol. The van der Waals surface area contributed by atoms with Crippen LogP contribution in [-0.4, -0.2) is 24.6 Å². The van der Waals surface area contributed by atoms with Crippen molar-refractivity contribution in [3.05, 3.63) is 69.9 Å². The lowest BCUT2D eigenvalue weighted by Crippen LogP contribution is -2.18. The highest BCUT2D eigenvalue weighted by molar-refractivity contribution is 5.75. The second kappa shape index (κ2) is 9.38. The third kappa shape index (κ3) is 6.14. The highest BCUT2D eigenvalue weighted by atomic mass is 16.6. The van der Waals surface area contributed by atoms with Crippen molar-refractivity contribution < 1.29 is 23.9 Å². The van der Waals surface area contributed by atoms with Gasteiger partial charge in [0.25, 0.3) is 0 Å². The monoisotopic (exact) mass is 371 g/mol. The summed E-state index contributed by atoms with van der Waals surface area (Å²) in [5.74, 6) is 0.896. The van der Waals surface area contributed by atoms with Crippen LogP contribution >= 0.6 is 0 Å². The number of nitro groups is 1. The molecule has 0 aliphatic heterocycles. The Kier molecular flexibility index (Phi) is 6.93. The van der Waals surface area contributed by atoms with Crippen LogP contribution < -0.4 is 14.2 Å². The molecule has 0 aromatic heterocycles. The molecule has 0 saturated carbocycles. The molecule has 0 aliphatic rings. The van der Waals surface area contributed by atoms with Crippen LogP contribution in [0.4, 0.5) is 0 Å². The quantitative estimate of drug-likeness (QED) is 0.301. The molecule has 0 spiro atoms. The number of hydrogen-bond acceptors (Lipinski definition) is 6. The second-order valence-corrected chi connectivity index (χ2v) is 6.00. The zero-order valence-electron chi connectivity index (χ0n) is 15.4. The minimum absolute atomic E-state index is 0.208. The van der Waals surface area contributed by atoms with E-state index in [1.165, 1.54) is 30.9 Å². The van der Waals surface area contributed by atoms with Gasteiger partial charge in [0, 0.05) is 6.08 Å². The lowest BCUT2D eigenvalue weighted by atomic mass is 10.0. The largest absolute Gasteiger partial charge is 0.493 e. The summed E-state index contributed by atoms with van der Waals surface area (Å²) in [5, 5.41) is 10.4. The Hall–Kier alpha value is -3.35. The minimum atomic E-state index is -0.588. The van der Waals surface area contributed by atoms with E-state index >= 15 is 0 Å². The lowest BCUT2D eigenvalue weighted by molar-refractivity contribution is -0.400. The number of nitrogens with zero attached hydrogens (tertiary/aromatic N) is 1. The molecule has 0 amide bonds. The number of ether oxygens (including phenoxy) is 3. The summed E-state index contributed by atoms with van der Waals surface area (Å²) in [4.78, 5) is 21.8. The van der Waals surface area contributed by atoms with Crippen LogP contribution in [0.3, 0.4) is 0 Å². The van der Waals surface area contributed by atoms with Crippen molar-refractivity contribution in [2.75, 3.05) is 13.7 Å². The van der Waals surface area contributed by atoms with E-state index in [0.29, 0.717) is 17.2 Å². The topological polar surface area (TPSA) is 87.9 Å². The summed E-state index contributed by atoms with van der Waals surface area (Å²) >= 11 is 0. The number of carbonyl (C=O) groups is 1. The molecule has 0 radical (unpaired) electrons. The molecule has 142 valence electrons. The maximum absolute atomic E-state index is 12.0. The standard InChI is InChI=1S/C20H21NO6/c1-14(2)16-5-7-17(8-6-16)26-13-20(22)27-18-9-4-15(10-11-21(23)24)12-19(18)25-3/h4-12,14H,13H2,1-3H3/b11-10+. The van der Waals surface area contributed by atoms with E-state index in [9.17, 15) is 14.9 Å². The summed E-state index contributed by atoms with van der Waals surface area (Å²) in [6.07, 6.45) is 2.14. The molecule has 0 bridgehead atoms. The summed E-state index contributed by atoms with van der Waals surface area (Å²) < 4.78 is 15.9. The van der Waals surface area contributed by atoms with Crippen LogP contribution in [0.15, 0.2) is 48.7 Å². The van der Waals surface area contributed by atoms with Crippen LogP contribution in [0.25, 0.3) is 6.08 Å². The maximum Gasteiger partial charge on any atom is 0.349 e. The zero-order valence-corrected chi connectivity index (χ0v) is 15.4. The molecule has 7 heteroatoms. The van der Waals surface area contributed by atoms with Gasteiger partial charge in [-0.05, 0) is 41.3 Å². The summed E-state index contributed by atoms with van der Waals surface area (Å²) in [7, 11) is 1.42. The number of benzene rings is 2. The van der Waals surface area contributed by atoms with Crippen molar-refractivity contribution >= 4 is 12.0 Å². The zero-order chi connectivity index (χ0) is 19.8. The normalized spacial score (nSPS) is 10.8. The van der Waals surface area contributed by atoms with E-state index in [0.717, 1.165) is 6.20 Å². The Balaban J connectivity index is 1.97. The molecule has 27 heavy (non-hydrogen) atoms. The van der Waals surface area contributed by atoms with Crippen LogP contribution in [0, 0.1) is 10.1 Å². The van der Waals surface area contributed by atoms with Gasteiger partial charge in [-0.25, -0.2) is 4.79 Å². The first-order chi connectivity index (χ1) is 12.9. The van der Waals surface area contributed by atoms with Gasteiger partial charge in [0.05, 0.1) is 12.0 Å².